The molecule has 12 nitrogen and oxygen atoms in total. The van der Waals surface area contributed by atoms with Gasteiger partial charge in [0.2, 0.25) is 0 Å². The van der Waals surface area contributed by atoms with Crippen molar-refractivity contribution in [3.63, 3.8) is 0 Å². The Morgan fingerprint density at radius 3 is 2.67 bits per heavy atom. The van der Waals surface area contributed by atoms with Crippen LogP contribution in [0.25, 0.3) is 22.9 Å². The van der Waals surface area contributed by atoms with Crippen LogP contribution in [-0.4, -0.2) is 90.0 Å². The minimum absolute atomic E-state index is 0.0208. The van der Waals surface area contributed by atoms with Gasteiger partial charge < -0.3 is 29.3 Å². The molecule has 2 N–H and O–H groups in total. The van der Waals surface area contributed by atoms with Crippen LogP contribution in [-0.2, 0) is 17.9 Å². The van der Waals surface area contributed by atoms with Crippen molar-refractivity contribution in [1.29, 1.82) is 0 Å². The molecular formula is C21H20F3N7O5. The normalized spacial score (nSPS) is 17.7. The second kappa shape index (κ2) is 8.73. The summed E-state index contributed by atoms with van der Waals surface area (Å²) in [5, 5.41) is 22.6. The van der Waals surface area contributed by atoms with Gasteiger partial charge in [-0.05, 0) is 12.1 Å². The maximum absolute atomic E-state index is 12.9. The molecule has 1 fully saturated rings. The Bertz CT molecular complexity index is 1320. The number of amides is 1. The van der Waals surface area contributed by atoms with Crippen molar-refractivity contribution in [3.05, 3.63) is 30.7 Å². The lowest BCUT2D eigenvalue weighted by atomic mass is 10.1. The number of halogens is 3. The number of fused-ring (bicyclic) bond motifs is 3. The van der Waals surface area contributed by atoms with Crippen LogP contribution in [0.2, 0.25) is 0 Å². The zero-order valence-corrected chi connectivity index (χ0v) is 18.6. The maximum Gasteiger partial charge on any atom is 0.408 e. The molecule has 2 aliphatic rings. The summed E-state index contributed by atoms with van der Waals surface area (Å²) < 4.78 is 47.1. The molecule has 1 atom stereocenters. The Kier molecular flexibility index (Phi) is 5.68. The lowest BCUT2D eigenvalue weighted by Crippen LogP contribution is -2.57. The molecule has 15 heteroatoms. The smallest absolute Gasteiger partial charge is 0.408 e. The predicted molar refractivity (Wildman–Crippen MR) is 117 cm³/mol. The van der Waals surface area contributed by atoms with Gasteiger partial charge in [0.1, 0.15) is 42.8 Å². The number of rotatable bonds is 4. The van der Waals surface area contributed by atoms with Crippen LogP contribution in [0.1, 0.15) is 0 Å². The second-order valence-corrected chi connectivity index (χ2v) is 8.30. The molecule has 0 spiro atoms. The molecule has 0 radical (unpaired) electrons. The van der Waals surface area contributed by atoms with Crippen molar-refractivity contribution in [1.82, 2.24) is 29.2 Å². The Labute approximate surface area is 201 Å². The van der Waals surface area contributed by atoms with Gasteiger partial charge in [-0.1, -0.05) is 0 Å². The molecule has 1 aromatic carbocycles. The van der Waals surface area contributed by atoms with Gasteiger partial charge in [0.05, 0.1) is 18.7 Å². The number of carboxylic acid groups (broad SMARTS) is 2. The monoisotopic (exact) mass is 507 g/mol. The van der Waals surface area contributed by atoms with Crippen molar-refractivity contribution in [3.8, 4) is 28.7 Å². The van der Waals surface area contributed by atoms with Gasteiger partial charge in [-0.2, -0.15) is 18.3 Å². The first-order valence-corrected chi connectivity index (χ1v) is 10.9. The Hall–Kier alpha value is -4.30. The Morgan fingerprint density at radius 1 is 1.14 bits per heavy atom. The van der Waals surface area contributed by atoms with E-state index in [1.54, 1.807) is 33.9 Å². The van der Waals surface area contributed by atoms with Crippen LogP contribution < -0.4 is 9.64 Å². The van der Waals surface area contributed by atoms with E-state index in [-0.39, 0.29) is 37.8 Å². The second-order valence-electron chi connectivity index (χ2n) is 8.30. The summed E-state index contributed by atoms with van der Waals surface area (Å²) in [5.41, 5.74) is 1.33. The van der Waals surface area contributed by atoms with Gasteiger partial charge in [0, 0.05) is 31.0 Å². The van der Waals surface area contributed by atoms with Gasteiger partial charge in [0.15, 0.2) is 5.82 Å². The third-order valence-electron chi connectivity index (χ3n) is 6.01. The fraction of sp³-hybridized carbons (Fsp3) is 0.381. The lowest BCUT2D eigenvalue weighted by molar-refractivity contribution is -0.142. The van der Waals surface area contributed by atoms with Crippen LogP contribution >= 0.6 is 0 Å². The fourth-order valence-corrected chi connectivity index (χ4v) is 4.38. The minimum Gasteiger partial charge on any atom is -0.491 e. The molecule has 0 saturated carbocycles. The number of hydrogen-bond donors (Lipinski definition) is 2. The van der Waals surface area contributed by atoms with E-state index in [1.165, 1.54) is 0 Å². The van der Waals surface area contributed by atoms with Crippen LogP contribution in [0.3, 0.4) is 0 Å². The van der Waals surface area contributed by atoms with Gasteiger partial charge in [0.25, 0.3) is 0 Å². The number of piperazine rings is 1. The summed E-state index contributed by atoms with van der Waals surface area (Å²) in [6.45, 7) is -0.556. The third-order valence-corrected chi connectivity index (χ3v) is 6.01. The summed E-state index contributed by atoms with van der Waals surface area (Å²) in [6, 6.07) is 3.97. The van der Waals surface area contributed by atoms with E-state index in [1.807, 2.05) is 0 Å². The summed E-state index contributed by atoms with van der Waals surface area (Å²) in [5.74, 6) is -0.298. The molecule has 1 unspecified atom stereocenters. The SMILES string of the molecule is O=C(O)C1CN(C(=O)O)CCN1c1ccc2c(c1)OCCn1cc(-c3ncnn3CC(F)(F)F)nc1-2. The largest absolute Gasteiger partial charge is 0.491 e. The number of ether oxygens (including phenoxy) is 1. The number of imidazole rings is 1. The standard InChI is InChI=1S/C21H20F3N7O5/c22-21(23,24)10-31-18(25-11-26-31)14-8-28-5-6-36-16-7-12(1-2-13(16)17(28)27-14)30-4-3-29(20(34)35)9-15(30)19(32)33/h1-2,7-8,11,15H,3-6,9-10H2,(H,32,33)(H,34,35). The molecule has 5 rings (SSSR count). The molecule has 2 aliphatic heterocycles. The van der Waals surface area contributed by atoms with E-state index in [0.717, 1.165) is 15.9 Å². The highest BCUT2D eigenvalue weighted by Crippen LogP contribution is 2.37. The molecule has 190 valence electrons. The average molecular weight is 507 g/mol. The van der Waals surface area contributed by atoms with Gasteiger partial charge in [-0.3, -0.25) is 0 Å². The number of benzene rings is 1. The zero-order chi connectivity index (χ0) is 25.6. The van der Waals surface area contributed by atoms with E-state index in [4.69, 9.17) is 4.74 Å². The topological polar surface area (TPSA) is 139 Å². The van der Waals surface area contributed by atoms with Crippen molar-refractivity contribution in [2.24, 2.45) is 0 Å². The number of carboxylic acids is 1. The molecular weight excluding hydrogens is 487 g/mol. The van der Waals surface area contributed by atoms with Crippen LogP contribution in [0.4, 0.5) is 23.7 Å². The summed E-state index contributed by atoms with van der Waals surface area (Å²) in [7, 11) is 0. The summed E-state index contributed by atoms with van der Waals surface area (Å²) in [4.78, 5) is 34.3. The Morgan fingerprint density at radius 2 is 1.94 bits per heavy atom. The fourth-order valence-electron chi connectivity index (χ4n) is 4.38. The molecule has 2 aromatic heterocycles. The number of aromatic nitrogens is 5. The number of alkyl halides is 3. The van der Waals surface area contributed by atoms with E-state index in [0.29, 0.717) is 29.4 Å². The van der Waals surface area contributed by atoms with Crippen LogP contribution in [0.15, 0.2) is 30.7 Å². The first-order valence-electron chi connectivity index (χ1n) is 10.9. The van der Waals surface area contributed by atoms with Gasteiger partial charge in [-0.25, -0.2) is 24.2 Å². The van der Waals surface area contributed by atoms with E-state index in [2.05, 4.69) is 15.1 Å². The summed E-state index contributed by atoms with van der Waals surface area (Å²) in [6.07, 6.45) is -3.03. The molecule has 1 amide bonds. The van der Waals surface area contributed by atoms with Gasteiger partial charge >= 0.3 is 18.2 Å². The minimum atomic E-state index is -4.47. The van der Waals surface area contributed by atoms with Crippen molar-refractivity contribution in [2.45, 2.75) is 25.3 Å². The highest BCUT2D eigenvalue weighted by atomic mass is 19.4. The molecule has 36 heavy (non-hydrogen) atoms. The maximum atomic E-state index is 12.9. The van der Waals surface area contributed by atoms with Crippen molar-refractivity contribution in [2.75, 3.05) is 31.1 Å². The quantitative estimate of drug-likeness (QED) is 0.543. The first kappa shape index (κ1) is 23.4. The van der Waals surface area contributed by atoms with Crippen molar-refractivity contribution >= 4 is 17.7 Å². The van der Waals surface area contributed by atoms with Crippen LogP contribution in [0.5, 0.6) is 5.75 Å². The molecule has 3 aromatic rings. The van der Waals surface area contributed by atoms with E-state index >= 15 is 0 Å². The number of aliphatic carboxylic acids is 1. The Balaban J connectivity index is 1.47. The van der Waals surface area contributed by atoms with Gasteiger partial charge in [-0.15, -0.1) is 0 Å². The van der Waals surface area contributed by atoms with Crippen LogP contribution in [0, 0.1) is 0 Å². The molecule has 1 saturated heterocycles. The molecule has 0 bridgehead atoms. The third kappa shape index (κ3) is 4.38. The lowest BCUT2D eigenvalue weighted by Gasteiger charge is -2.39. The van der Waals surface area contributed by atoms with E-state index in [9.17, 15) is 33.0 Å². The molecule has 0 aliphatic carbocycles. The number of anilines is 1. The molecule has 4 heterocycles. The summed E-state index contributed by atoms with van der Waals surface area (Å²) >= 11 is 0. The zero-order valence-electron chi connectivity index (χ0n) is 18.6. The average Bonchev–Trinajstić information content (AvgIpc) is 3.40. The number of nitrogens with zero attached hydrogens (tertiary/aromatic N) is 7. The predicted octanol–water partition coefficient (Wildman–Crippen LogP) is 2.02. The number of carbonyl (C=O) groups is 2. The number of hydrogen-bond acceptors (Lipinski definition) is 7. The van der Waals surface area contributed by atoms with E-state index < -0.39 is 30.8 Å². The highest BCUT2D eigenvalue weighted by Gasteiger charge is 2.35. The first-order chi connectivity index (χ1) is 17.1. The highest BCUT2D eigenvalue weighted by molar-refractivity contribution is 5.81. The van der Waals surface area contributed by atoms with Crippen molar-refractivity contribution < 1.29 is 37.7 Å².